The lowest BCUT2D eigenvalue weighted by atomic mass is 10.1. The summed E-state index contributed by atoms with van der Waals surface area (Å²) in [6, 6.07) is 16.0. The standard InChI is InChI=1S/C18H12N2O4S/c19-25(23,24)16-7-3-4-11-10-12(8-9-13(11)16)20-17(21)14-5-1-2-6-15(14)18(20)22/h1-10H,(H2,19,23,24). The first-order valence-electron chi connectivity index (χ1n) is 7.41. The van der Waals surface area contributed by atoms with Crippen LogP contribution in [-0.4, -0.2) is 20.2 Å². The van der Waals surface area contributed by atoms with E-state index in [9.17, 15) is 18.0 Å². The number of carbonyl (C=O) groups is 2. The number of nitrogens with two attached hydrogens (primary N) is 1. The summed E-state index contributed by atoms with van der Waals surface area (Å²) in [5, 5.41) is 6.24. The Balaban J connectivity index is 1.87. The lowest BCUT2D eigenvalue weighted by Gasteiger charge is -2.15. The van der Waals surface area contributed by atoms with E-state index in [0.29, 0.717) is 27.6 Å². The molecule has 3 aromatic carbocycles. The van der Waals surface area contributed by atoms with Gasteiger partial charge in [-0.15, -0.1) is 0 Å². The number of benzene rings is 3. The molecule has 2 amide bonds. The summed E-state index contributed by atoms with van der Waals surface area (Å²) in [5.74, 6) is -0.801. The molecule has 124 valence electrons. The topological polar surface area (TPSA) is 97.5 Å². The van der Waals surface area contributed by atoms with Crippen LogP contribution < -0.4 is 10.0 Å². The molecule has 7 heteroatoms. The maximum absolute atomic E-state index is 12.6. The van der Waals surface area contributed by atoms with Crippen LogP contribution in [0.1, 0.15) is 20.7 Å². The fourth-order valence-electron chi connectivity index (χ4n) is 3.05. The molecule has 25 heavy (non-hydrogen) atoms. The first-order chi connectivity index (χ1) is 11.9. The smallest absolute Gasteiger partial charge is 0.266 e. The highest BCUT2D eigenvalue weighted by Crippen LogP contribution is 2.32. The molecule has 0 bridgehead atoms. The van der Waals surface area contributed by atoms with Gasteiger partial charge in [0.15, 0.2) is 0 Å². The van der Waals surface area contributed by atoms with Crippen LogP contribution in [0.3, 0.4) is 0 Å². The van der Waals surface area contributed by atoms with Gasteiger partial charge in [-0.25, -0.2) is 18.5 Å². The van der Waals surface area contributed by atoms with Crippen LogP contribution >= 0.6 is 0 Å². The Morgan fingerprint density at radius 2 is 1.44 bits per heavy atom. The van der Waals surface area contributed by atoms with Crippen molar-refractivity contribution in [2.45, 2.75) is 4.90 Å². The lowest BCUT2D eigenvalue weighted by Crippen LogP contribution is -2.29. The molecule has 0 unspecified atom stereocenters. The van der Waals surface area contributed by atoms with Gasteiger partial charge < -0.3 is 0 Å². The summed E-state index contributed by atoms with van der Waals surface area (Å²) in [6.07, 6.45) is 0. The van der Waals surface area contributed by atoms with E-state index in [-0.39, 0.29) is 4.90 Å². The Labute approximate surface area is 143 Å². The quantitative estimate of drug-likeness (QED) is 0.716. The number of anilines is 1. The molecule has 1 heterocycles. The van der Waals surface area contributed by atoms with E-state index in [0.717, 1.165) is 4.90 Å². The van der Waals surface area contributed by atoms with Gasteiger partial charge in [0, 0.05) is 5.39 Å². The molecule has 0 fully saturated rings. The van der Waals surface area contributed by atoms with Gasteiger partial charge in [0.2, 0.25) is 10.0 Å². The first kappa shape index (κ1) is 15.5. The van der Waals surface area contributed by atoms with Crippen LogP contribution in [0.5, 0.6) is 0 Å². The second kappa shape index (κ2) is 5.23. The number of amides is 2. The minimum atomic E-state index is -3.87. The van der Waals surface area contributed by atoms with E-state index in [1.165, 1.54) is 6.07 Å². The van der Waals surface area contributed by atoms with Crippen molar-refractivity contribution in [2.24, 2.45) is 5.14 Å². The third kappa shape index (κ3) is 2.33. The Hall–Kier alpha value is -3.03. The van der Waals surface area contributed by atoms with E-state index < -0.39 is 21.8 Å². The molecule has 0 aliphatic carbocycles. The van der Waals surface area contributed by atoms with Gasteiger partial charge >= 0.3 is 0 Å². The van der Waals surface area contributed by atoms with Crippen LogP contribution in [0, 0.1) is 0 Å². The predicted molar refractivity (Wildman–Crippen MR) is 92.9 cm³/mol. The number of sulfonamides is 1. The molecule has 6 nitrogen and oxygen atoms in total. The number of carbonyl (C=O) groups excluding carboxylic acids is 2. The molecule has 3 aromatic rings. The Kier molecular flexibility index (Phi) is 3.24. The third-order valence-corrected chi connectivity index (χ3v) is 5.15. The maximum atomic E-state index is 12.6. The molecule has 0 saturated heterocycles. The Morgan fingerprint density at radius 3 is 2.04 bits per heavy atom. The number of hydrogen-bond donors (Lipinski definition) is 1. The highest BCUT2D eigenvalue weighted by atomic mass is 32.2. The lowest BCUT2D eigenvalue weighted by molar-refractivity contribution is 0.0926. The van der Waals surface area contributed by atoms with Crippen molar-refractivity contribution in [1.29, 1.82) is 0 Å². The van der Waals surface area contributed by atoms with Gasteiger partial charge in [0.05, 0.1) is 21.7 Å². The van der Waals surface area contributed by atoms with Gasteiger partial charge in [-0.1, -0.05) is 30.3 Å². The van der Waals surface area contributed by atoms with Gasteiger partial charge in [0.1, 0.15) is 0 Å². The Bertz CT molecular complexity index is 1130. The van der Waals surface area contributed by atoms with Crippen LogP contribution in [0.15, 0.2) is 65.6 Å². The number of fused-ring (bicyclic) bond motifs is 2. The molecular formula is C18H12N2O4S. The van der Waals surface area contributed by atoms with Crippen molar-refractivity contribution >= 4 is 38.3 Å². The molecule has 0 atom stereocenters. The predicted octanol–water partition coefficient (Wildman–Crippen LogP) is 2.29. The van der Waals surface area contributed by atoms with Crippen LogP contribution in [-0.2, 0) is 10.0 Å². The monoisotopic (exact) mass is 352 g/mol. The molecule has 4 rings (SSSR count). The first-order valence-corrected chi connectivity index (χ1v) is 8.96. The van der Waals surface area contributed by atoms with E-state index >= 15 is 0 Å². The number of rotatable bonds is 2. The molecule has 1 aliphatic rings. The zero-order valence-electron chi connectivity index (χ0n) is 12.8. The highest BCUT2D eigenvalue weighted by Gasteiger charge is 2.36. The summed E-state index contributed by atoms with van der Waals surface area (Å²) in [6.45, 7) is 0. The van der Waals surface area contributed by atoms with Crippen LogP contribution in [0.25, 0.3) is 10.8 Å². The second-order valence-corrected chi connectivity index (χ2v) is 7.23. The molecule has 0 spiro atoms. The molecule has 0 saturated carbocycles. The third-order valence-electron chi connectivity index (χ3n) is 4.18. The number of hydrogen-bond acceptors (Lipinski definition) is 4. The minimum Gasteiger partial charge on any atom is -0.268 e. The molecule has 0 radical (unpaired) electrons. The minimum absolute atomic E-state index is 0.00101. The zero-order chi connectivity index (χ0) is 17.8. The van der Waals surface area contributed by atoms with Gasteiger partial charge in [0.25, 0.3) is 11.8 Å². The van der Waals surface area contributed by atoms with Gasteiger partial charge in [-0.3, -0.25) is 9.59 Å². The number of imide groups is 1. The average molecular weight is 352 g/mol. The zero-order valence-corrected chi connectivity index (χ0v) is 13.7. The van der Waals surface area contributed by atoms with Crippen LogP contribution in [0.2, 0.25) is 0 Å². The summed E-state index contributed by atoms with van der Waals surface area (Å²) in [7, 11) is -3.87. The molecular weight excluding hydrogens is 340 g/mol. The van der Waals surface area contributed by atoms with Crippen LogP contribution in [0.4, 0.5) is 5.69 Å². The fourth-order valence-corrected chi connectivity index (χ4v) is 3.81. The Morgan fingerprint density at radius 1 is 0.800 bits per heavy atom. The van der Waals surface area contributed by atoms with Crippen molar-refractivity contribution in [3.63, 3.8) is 0 Å². The summed E-state index contributed by atoms with van der Waals surface area (Å²) in [5.41, 5.74) is 1.09. The fraction of sp³-hybridized carbons (Fsp3) is 0. The van der Waals surface area contributed by atoms with E-state index in [1.54, 1.807) is 54.6 Å². The van der Waals surface area contributed by atoms with Crippen molar-refractivity contribution in [3.05, 3.63) is 71.8 Å². The molecule has 2 N–H and O–H groups in total. The molecule has 0 aromatic heterocycles. The largest absolute Gasteiger partial charge is 0.268 e. The van der Waals surface area contributed by atoms with Gasteiger partial charge in [-0.2, -0.15) is 0 Å². The van der Waals surface area contributed by atoms with E-state index in [2.05, 4.69) is 0 Å². The highest BCUT2D eigenvalue weighted by molar-refractivity contribution is 7.89. The van der Waals surface area contributed by atoms with Crippen molar-refractivity contribution in [3.8, 4) is 0 Å². The van der Waals surface area contributed by atoms with Crippen molar-refractivity contribution in [1.82, 2.24) is 0 Å². The number of primary sulfonamides is 1. The number of nitrogens with zero attached hydrogens (tertiary/aromatic N) is 1. The summed E-state index contributed by atoms with van der Waals surface area (Å²) in [4.78, 5) is 26.2. The summed E-state index contributed by atoms with van der Waals surface area (Å²) >= 11 is 0. The normalized spacial score (nSPS) is 14.2. The van der Waals surface area contributed by atoms with Crippen molar-refractivity contribution < 1.29 is 18.0 Å². The summed E-state index contributed by atoms with van der Waals surface area (Å²) < 4.78 is 23.4. The average Bonchev–Trinajstić information content (AvgIpc) is 2.84. The maximum Gasteiger partial charge on any atom is 0.266 e. The van der Waals surface area contributed by atoms with Gasteiger partial charge in [-0.05, 0) is 35.7 Å². The second-order valence-electron chi connectivity index (χ2n) is 5.70. The van der Waals surface area contributed by atoms with Crippen molar-refractivity contribution in [2.75, 3.05) is 4.90 Å². The van der Waals surface area contributed by atoms with E-state index in [4.69, 9.17) is 5.14 Å². The molecule has 1 aliphatic heterocycles. The van der Waals surface area contributed by atoms with E-state index in [1.807, 2.05) is 0 Å². The SMILES string of the molecule is NS(=O)(=O)c1cccc2cc(N3C(=O)c4ccccc4C3=O)ccc12.